The van der Waals surface area contributed by atoms with Crippen molar-refractivity contribution in [2.75, 3.05) is 24.7 Å². The van der Waals surface area contributed by atoms with Gasteiger partial charge in [-0.2, -0.15) is 4.98 Å². The van der Waals surface area contributed by atoms with Gasteiger partial charge in [0.15, 0.2) is 5.58 Å². The van der Waals surface area contributed by atoms with Gasteiger partial charge in [0, 0.05) is 6.54 Å². The molecule has 1 aromatic carbocycles. The van der Waals surface area contributed by atoms with Crippen LogP contribution in [0.25, 0.3) is 11.1 Å². The number of aromatic carboxylic acids is 1. The minimum atomic E-state index is -0.977. The van der Waals surface area contributed by atoms with Gasteiger partial charge in [-0.15, -0.1) is 0 Å². The highest BCUT2D eigenvalue weighted by molar-refractivity contribution is 6.02. The molecule has 2 heterocycles. The van der Waals surface area contributed by atoms with Crippen LogP contribution in [0.1, 0.15) is 35.7 Å². The molecule has 0 bridgehead atoms. The number of hydrogen-bond donors (Lipinski definition) is 1. The van der Waals surface area contributed by atoms with Crippen molar-refractivity contribution in [2.45, 2.75) is 32.7 Å². The van der Waals surface area contributed by atoms with Crippen molar-refractivity contribution < 1.29 is 19.1 Å². The third-order valence-electron chi connectivity index (χ3n) is 4.07. The number of benzene rings is 1. The van der Waals surface area contributed by atoms with Crippen molar-refractivity contribution in [2.24, 2.45) is 0 Å². The van der Waals surface area contributed by atoms with Gasteiger partial charge in [0.1, 0.15) is 5.52 Å². The fourth-order valence-electron chi connectivity index (χ4n) is 2.95. The van der Waals surface area contributed by atoms with E-state index < -0.39 is 5.97 Å². The van der Waals surface area contributed by atoms with Crippen LogP contribution >= 0.6 is 0 Å². The van der Waals surface area contributed by atoms with Crippen LogP contribution in [-0.4, -0.2) is 41.9 Å². The second-order valence-corrected chi connectivity index (χ2v) is 5.62. The molecule has 1 atom stereocenters. The Hall–Kier alpha value is -2.08. The zero-order chi connectivity index (χ0) is 15.7. The molecule has 6 heteroatoms. The predicted octanol–water partition coefficient (Wildman–Crippen LogP) is 2.84. The van der Waals surface area contributed by atoms with Crippen molar-refractivity contribution in [3.8, 4) is 0 Å². The summed E-state index contributed by atoms with van der Waals surface area (Å²) >= 11 is 0. The first-order valence-corrected chi connectivity index (χ1v) is 7.59. The SMILES string of the molecule is CCC[C@H]1COCCN1c1nc2c(C(=O)O)c(C)ccc2o1. The monoisotopic (exact) mass is 304 g/mol. The first kappa shape index (κ1) is 14.8. The van der Waals surface area contributed by atoms with Crippen molar-refractivity contribution in [1.29, 1.82) is 0 Å². The maximum absolute atomic E-state index is 11.5. The standard InChI is InChI=1S/C16H20N2O4/c1-3-4-11-9-21-8-7-18(11)16-17-14-12(22-16)6-5-10(2)13(14)15(19)20/h5-6,11H,3-4,7-9H2,1-2H3,(H,19,20)/t11-/m0/s1. The Kier molecular flexibility index (Phi) is 4.02. The Balaban J connectivity index is 2.04. The van der Waals surface area contributed by atoms with Gasteiger partial charge in [-0.25, -0.2) is 4.79 Å². The summed E-state index contributed by atoms with van der Waals surface area (Å²) in [5.74, 6) is -0.977. The summed E-state index contributed by atoms with van der Waals surface area (Å²) < 4.78 is 11.4. The van der Waals surface area contributed by atoms with Crippen LogP contribution in [0.4, 0.5) is 6.01 Å². The number of carboxylic acid groups (broad SMARTS) is 1. The van der Waals surface area contributed by atoms with Crippen LogP contribution in [0.15, 0.2) is 16.5 Å². The fourth-order valence-corrected chi connectivity index (χ4v) is 2.95. The Morgan fingerprint density at radius 3 is 3.05 bits per heavy atom. The highest BCUT2D eigenvalue weighted by Crippen LogP contribution is 2.29. The molecular weight excluding hydrogens is 284 g/mol. The van der Waals surface area contributed by atoms with E-state index in [-0.39, 0.29) is 11.6 Å². The molecule has 1 aliphatic rings. The van der Waals surface area contributed by atoms with E-state index >= 15 is 0 Å². The predicted molar refractivity (Wildman–Crippen MR) is 82.6 cm³/mol. The summed E-state index contributed by atoms with van der Waals surface area (Å²) in [5.41, 5.74) is 1.84. The van der Waals surface area contributed by atoms with Crippen molar-refractivity contribution in [3.05, 3.63) is 23.3 Å². The lowest BCUT2D eigenvalue weighted by Crippen LogP contribution is -2.45. The Morgan fingerprint density at radius 1 is 1.50 bits per heavy atom. The Labute approximate surface area is 128 Å². The molecule has 22 heavy (non-hydrogen) atoms. The molecule has 118 valence electrons. The summed E-state index contributed by atoms with van der Waals surface area (Å²) in [4.78, 5) is 18.0. The number of nitrogens with zero attached hydrogens (tertiary/aromatic N) is 2. The molecule has 1 aliphatic heterocycles. The third-order valence-corrected chi connectivity index (χ3v) is 4.07. The minimum Gasteiger partial charge on any atom is -0.478 e. The van der Waals surface area contributed by atoms with E-state index in [0.717, 1.165) is 12.8 Å². The number of ether oxygens (including phenoxy) is 1. The lowest BCUT2D eigenvalue weighted by molar-refractivity contribution is 0.0698. The molecule has 0 unspecified atom stereocenters. The van der Waals surface area contributed by atoms with E-state index in [0.29, 0.717) is 42.4 Å². The van der Waals surface area contributed by atoms with Crippen LogP contribution in [0.2, 0.25) is 0 Å². The van der Waals surface area contributed by atoms with Gasteiger partial charge >= 0.3 is 5.97 Å². The van der Waals surface area contributed by atoms with E-state index in [4.69, 9.17) is 9.15 Å². The molecule has 3 rings (SSSR count). The van der Waals surface area contributed by atoms with Crippen LogP contribution < -0.4 is 4.90 Å². The molecule has 1 fully saturated rings. The molecule has 0 aliphatic carbocycles. The van der Waals surface area contributed by atoms with E-state index in [9.17, 15) is 9.90 Å². The first-order chi connectivity index (χ1) is 10.6. The summed E-state index contributed by atoms with van der Waals surface area (Å²) in [7, 11) is 0. The molecule has 0 spiro atoms. The maximum atomic E-state index is 11.5. The van der Waals surface area contributed by atoms with Crippen molar-refractivity contribution in [1.82, 2.24) is 4.98 Å². The largest absolute Gasteiger partial charge is 0.478 e. The summed E-state index contributed by atoms with van der Waals surface area (Å²) in [6.45, 7) is 5.89. The molecular formula is C16H20N2O4. The highest BCUT2D eigenvalue weighted by atomic mass is 16.5. The minimum absolute atomic E-state index is 0.216. The van der Waals surface area contributed by atoms with Gasteiger partial charge in [0.25, 0.3) is 6.01 Å². The number of aryl methyl sites for hydroxylation is 1. The second kappa shape index (κ2) is 5.96. The van der Waals surface area contributed by atoms with Gasteiger partial charge in [0.2, 0.25) is 0 Å². The topological polar surface area (TPSA) is 75.8 Å². The van der Waals surface area contributed by atoms with E-state index in [1.54, 1.807) is 19.1 Å². The molecule has 6 nitrogen and oxygen atoms in total. The molecule has 0 radical (unpaired) electrons. The highest BCUT2D eigenvalue weighted by Gasteiger charge is 2.27. The number of oxazole rings is 1. The molecule has 1 saturated heterocycles. The van der Waals surface area contributed by atoms with Gasteiger partial charge < -0.3 is 19.2 Å². The normalized spacial score (nSPS) is 18.8. The number of morpholine rings is 1. The number of carbonyl (C=O) groups is 1. The van der Waals surface area contributed by atoms with E-state index in [1.807, 2.05) is 0 Å². The average Bonchev–Trinajstić information content (AvgIpc) is 2.91. The van der Waals surface area contributed by atoms with Gasteiger partial charge in [-0.1, -0.05) is 19.4 Å². The van der Waals surface area contributed by atoms with Gasteiger partial charge in [-0.05, 0) is 25.0 Å². The van der Waals surface area contributed by atoms with E-state index in [2.05, 4.69) is 16.8 Å². The number of fused-ring (bicyclic) bond motifs is 1. The summed E-state index contributed by atoms with van der Waals surface area (Å²) in [5, 5.41) is 9.40. The van der Waals surface area contributed by atoms with Crippen LogP contribution in [-0.2, 0) is 4.74 Å². The van der Waals surface area contributed by atoms with Crippen LogP contribution in [0.3, 0.4) is 0 Å². The fraction of sp³-hybridized carbons (Fsp3) is 0.500. The number of aromatic nitrogens is 1. The van der Waals surface area contributed by atoms with Gasteiger partial charge in [0.05, 0.1) is 24.8 Å². The summed E-state index contributed by atoms with van der Waals surface area (Å²) in [6, 6.07) is 4.25. The number of anilines is 1. The van der Waals surface area contributed by atoms with Gasteiger partial charge in [-0.3, -0.25) is 0 Å². The average molecular weight is 304 g/mol. The second-order valence-electron chi connectivity index (χ2n) is 5.62. The zero-order valence-corrected chi connectivity index (χ0v) is 12.8. The Bertz CT molecular complexity index is 693. The number of hydrogen-bond acceptors (Lipinski definition) is 5. The van der Waals surface area contributed by atoms with Crippen molar-refractivity contribution in [3.63, 3.8) is 0 Å². The molecule has 0 saturated carbocycles. The summed E-state index contributed by atoms with van der Waals surface area (Å²) in [6.07, 6.45) is 2.04. The molecule has 2 aromatic rings. The van der Waals surface area contributed by atoms with Crippen LogP contribution in [0, 0.1) is 6.92 Å². The lowest BCUT2D eigenvalue weighted by atomic mass is 10.1. The quantitative estimate of drug-likeness (QED) is 0.936. The first-order valence-electron chi connectivity index (χ1n) is 7.59. The van der Waals surface area contributed by atoms with Crippen LogP contribution in [0.5, 0.6) is 0 Å². The van der Waals surface area contributed by atoms with E-state index in [1.165, 1.54) is 0 Å². The zero-order valence-electron chi connectivity index (χ0n) is 12.8. The lowest BCUT2D eigenvalue weighted by Gasteiger charge is -2.34. The molecule has 1 aromatic heterocycles. The maximum Gasteiger partial charge on any atom is 0.338 e. The molecule has 0 amide bonds. The third kappa shape index (κ3) is 2.54. The smallest absolute Gasteiger partial charge is 0.338 e. The van der Waals surface area contributed by atoms with Crippen molar-refractivity contribution >= 4 is 23.1 Å². The number of rotatable bonds is 4. The number of carboxylic acids is 1. The Morgan fingerprint density at radius 2 is 2.32 bits per heavy atom. The molecule has 1 N–H and O–H groups in total.